The number of nitrogens with zero attached hydrogens (tertiary/aromatic N) is 2. The molecule has 9 heteroatoms. The highest BCUT2D eigenvalue weighted by atomic mass is 32.2. The van der Waals surface area contributed by atoms with Crippen molar-refractivity contribution < 1.29 is 13.2 Å². The third kappa shape index (κ3) is 4.13. The highest BCUT2D eigenvalue weighted by molar-refractivity contribution is 7.92. The van der Waals surface area contributed by atoms with Crippen LogP contribution in [0.5, 0.6) is 5.75 Å². The van der Waals surface area contributed by atoms with Crippen molar-refractivity contribution >= 4 is 37.5 Å². The van der Waals surface area contributed by atoms with Gasteiger partial charge in [-0.25, -0.2) is 13.4 Å². The number of H-pyrrole nitrogens is 1. The van der Waals surface area contributed by atoms with Crippen LogP contribution in [0.2, 0.25) is 0 Å². The lowest BCUT2D eigenvalue weighted by molar-refractivity contribution is 0.414. The van der Waals surface area contributed by atoms with Gasteiger partial charge >= 0.3 is 0 Å². The molecule has 0 aliphatic carbocycles. The molecule has 0 fully saturated rings. The number of rotatable bonds is 7. The zero-order valence-electron chi connectivity index (χ0n) is 18.4. The van der Waals surface area contributed by atoms with Crippen molar-refractivity contribution in [1.82, 2.24) is 14.5 Å². The minimum Gasteiger partial charge on any atom is -0.497 e. The van der Waals surface area contributed by atoms with Crippen molar-refractivity contribution in [2.75, 3.05) is 11.8 Å². The summed E-state index contributed by atoms with van der Waals surface area (Å²) in [4.78, 5) is 20.9. The predicted molar refractivity (Wildman–Crippen MR) is 132 cm³/mol. The number of aromatic nitrogens is 3. The number of ether oxygens (including phenoxy) is 1. The molecule has 0 amide bonds. The van der Waals surface area contributed by atoms with Gasteiger partial charge in [0, 0.05) is 29.3 Å². The van der Waals surface area contributed by atoms with Crippen LogP contribution in [0.3, 0.4) is 0 Å². The van der Waals surface area contributed by atoms with Gasteiger partial charge in [-0.3, -0.25) is 14.1 Å². The number of hydrogen-bond acceptors (Lipinski definition) is 5. The number of benzene rings is 3. The first-order valence-corrected chi connectivity index (χ1v) is 12.1. The molecule has 0 aliphatic heterocycles. The van der Waals surface area contributed by atoms with Crippen LogP contribution in [0, 0.1) is 0 Å². The van der Waals surface area contributed by atoms with Crippen LogP contribution in [0.15, 0.2) is 88.9 Å². The van der Waals surface area contributed by atoms with Crippen molar-refractivity contribution in [2.24, 2.45) is 0 Å². The minimum absolute atomic E-state index is 0.0933. The van der Waals surface area contributed by atoms with Gasteiger partial charge in [-0.05, 0) is 60.5 Å². The second kappa shape index (κ2) is 8.68. The molecule has 2 aromatic heterocycles. The molecule has 2 N–H and O–H groups in total. The maximum Gasteiger partial charge on any atom is 0.261 e. The van der Waals surface area contributed by atoms with Crippen LogP contribution in [-0.4, -0.2) is 30.1 Å². The van der Waals surface area contributed by atoms with E-state index in [1.54, 1.807) is 28.8 Å². The monoisotopic (exact) mass is 474 g/mol. The van der Waals surface area contributed by atoms with E-state index in [2.05, 4.69) is 14.7 Å². The number of fused-ring (bicyclic) bond motifs is 2. The molecule has 0 saturated carbocycles. The van der Waals surface area contributed by atoms with Gasteiger partial charge in [0.2, 0.25) is 0 Å². The van der Waals surface area contributed by atoms with Gasteiger partial charge in [-0.2, -0.15) is 0 Å². The average molecular weight is 475 g/mol. The van der Waals surface area contributed by atoms with Crippen molar-refractivity contribution in [2.45, 2.75) is 17.9 Å². The minimum atomic E-state index is -3.83. The van der Waals surface area contributed by atoms with Crippen molar-refractivity contribution in [3.63, 3.8) is 0 Å². The molecule has 0 spiro atoms. The molecule has 0 unspecified atom stereocenters. The summed E-state index contributed by atoms with van der Waals surface area (Å²) in [5, 5.41) is 1.47. The van der Waals surface area contributed by atoms with Crippen LogP contribution in [0.25, 0.3) is 21.8 Å². The van der Waals surface area contributed by atoms with E-state index in [0.717, 1.165) is 16.5 Å². The van der Waals surface area contributed by atoms with Gasteiger partial charge in [0.25, 0.3) is 15.6 Å². The molecule has 8 nitrogen and oxygen atoms in total. The largest absolute Gasteiger partial charge is 0.497 e. The number of nitrogens with one attached hydrogen (secondary N) is 2. The third-order valence-electron chi connectivity index (χ3n) is 5.74. The molecule has 0 atom stereocenters. The molecule has 0 bridgehead atoms. The normalized spacial score (nSPS) is 11.7. The number of hydrogen-bond donors (Lipinski definition) is 2. The summed E-state index contributed by atoms with van der Waals surface area (Å²) in [5.74, 6) is 0.559. The summed E-state index contributed by atoms with van der Waals surface area (Å²) < 4.78 is 34.7. The summed E-state index contributed by atoms with van der Waals surface area (Å²) in [5.41, 5.74) is 2.73. The van der Waals surface area contributed by atoms with Gasteiger partial charge in [-0.15, -0.1) is 0 Å². The number of methoxy groups -OCH3 is 1. The Morgan fingerprint density at radius 3 is 2.62 bits per heavy atom. The topological polar surface area (TPSA) is 106 Å². The van der Waals surface area contributed by atoms with Gasteiger partial charge in [-0.1, -0.05) is 18.2 Å². The molecule has 3 aromatic carbocycles. The molecule has 0 saturated heterocycles. The van der Waals surface area contributed by atoms with Crippen molar-refractivity contribution in [3.05, 3.63) is 95.2 Å². The van der Waals surface area contributed by atoms with E-state index in [9.17, 15) is 13.2 Å². The lowest BCUT2D eigenvalue weighted by atomic mass is 10.1. The maximum atomic E-state index is 13.1. The zero-order valence-corrected chi connectivity index (χ0v) is 19.2. The van der Waals surface area contributed by atoms with E-state index in [1.165, 1.54) is 31.6 Å². The third-order valence-corrected chi connectivity index (χ3v) is 7.14. The Hall–Kier alpha value is -4.11. The number of anilines is 1. The SMILES string of the molecule is COc1ccc(S(=O)(=O)Nc2ccc3ncn(CCc4c[nH]c5ccccc45)c(=O)c3c2)cc1. The Bertz CT molecular complexity index is 1650. The molecule has 34 heavy (non-hydrogen) atoms. The fourth-order valence-electron chi connectivity index (χ4n) is 3.93. The van der Waals surface area contributed by atoms with E-state index < -0.39 is 10.0 Å². The second-order valence-corrected chi connectivity index (χ2v) is 9.55. The molecule has 0 radical (unpaired) electrons. The van der Waals surface area contributed by atoms with Crippen molar-refractivity contribution in [3.8, 4) is 5.75 Å². The van der Waals surface area contributed by atoms with Crippen LogP contribution >= 0.6 is 0 Å². The Balaban J connectivity index is 1.41. The van der Waals surface area contributed by atoms with Crippen LogP contribution in [-0.2, 0) is 23.0 Å². The lowest BCUT2D eigenvalue weighted by Crippen LogP contribution is -2.22. The van der Waals surface area contributed by atoms with Crippen LogP contribution < -0.4 is 15.0 Å². The second-order valence-electron chi connectivity index (χ2n) is 7.87. The summed E-state index contributed by atoms with van der Waals surface area (Å²) in [6.07, 6.45) is 4.14. The highest BCUT2D eigenvalue weighted by Crippen LogP contribution is 2.22. The first-order valence-electron chi connectivity index (χ1n) is 10.7. The van der Waals surface area contributed by atoms with E-state index in [4.69, 9.17) is 4.74 Å². The van der Waals surface area contributed by atoms with Crippen LogP contribution in [0.4, 0.5) is 5.69 Å². The van der Waals surface area contributed by atoms with Gasteiger partial charge < -0.3 is 9.72 Å². The summed E-state index contributed by atoms with van der Waals surface area (Å²) in [7, 11) is -2.32. The molecule has 0 aliphatic rings. The smallest absolute Gasteiger partial charge is 0.261 e. The molecular weight excluding hydrogens is 452 g/mol. The predicted octanol–water partition coefficient (Wildman–Crippen LogP) is 3.93. The first kappa shape index (κ1) is 21.7. The fourth-order valence-corrected chi connectivity index (χ4v) is 4.98. The summed E-state index contributed by atoms with van der Waals surface area (Å²) >= 11 is 0. The van der Waals surface area contributed by atoms with E-state index >= 15 is 0 Å². The highest BCUT2D eigenvalue weighted by Gasteiger charge is 2.15. The van der Waals surface area contributed by atoms with Gasteiger partial charge in [0.05, 0.1) is 29.2 Å². The lowest BCUT2D eigenvalue weighted by Gasteiger charge is -2.10. The summed E-state index contributed by atoms with van der Waals surface area (Å²) in [6, 6.07) is 18.8. The maximum absolute atomic E-state index is 13.1. The van der Waals surface area contributed by atoms with Crippen molar-refractivity contribution in [1.29, 1.82) is 0 Å². The Kier molecular flexibility index (Phi) is 5.54. The molecule has 5 aromatic rings. The van der Waals surface area contributed by atoms with E-state index in [1.807, 2.05) is 30.5 Å². The molecule has 2 heterocycles. The van der Waals surface area contributed by atoms with E-state index in [-0.39, 0.29) is 16.1 Å². The number of aromatic amines is 1. The Morgan fingerprint density at radius 2 is 1.82 bits per heavy atom. The standard InChI is InChI=1S/C25H22N4O4S/c1-33-19-7-9-20(10-8-19)34(31,32)28-18-6-11-24-22(14-18)25(30)29(16-27-24)13-12-17-15-26-23-5-3-2-4-21(17)23/h2-11,14-16,26,28H,12-13H2,1H3. The first-order chi connectivity index (χ1) is 16.4. The number of para-hydroxylation sites is 1. The molecule has 5 rings (SSSR count). The zero-order chi connectivity index (χ0) is 23.7. The quantitative estimate of drug-likeness (QED) is 0.372. The van der Waals surface area contributed by atoms with Gasteiger partial charge in [0.15, 0.2) is 0 Å². The average Bonchev–Trinajstić information content (AvgIpc) is 3.27. The van der Waals surface area contributed by atoms with E-state index in [0.29, 0.717) is 29.6 Å². The fraction of sp³-hybridized carbons (Fsp3) is 0.120. The molecule has 172 valence electrons. The van der Waals surface area contributed by atoms with Crippen LogP contribution in [0.1, 0.15) is 5.56 Å². The number of aryl methyl sites for hydroxylation is 2. The Morgan fingerprint density at radius 1 is 1.03 bits per heavy atom. The number of sulfonamides is 1. The van der Waals surface area contributed by atoms with Gasteiger partial charge in [0.1, 0.15) is 5.75 Å². The Labute approximate surface area is 195 Å². The summed E-state index contributed by atoms with van der Waals surface area (Å²) in [6.45, 7) is 0.450. The molecular formula is C25H22N4O4S.